The molecule has 2 aromatic carbocycles. The van der Waals surface area contributed by atoms with Crippen molar-refractivity contribution in [2.24, 2.45) is 0 Å². The minimum Gasteiger partial charge on any atom is -0.0620 e. The summed E-state index contributed by atoms with van der Waals surface area (Å²) < 4.78 is 0. The van der Waals surface area contributed by atoms with E-state index in [0.717, 1.165) is 5.56 Å². The Labute approximate surface area is 85.2 Å². The van der Waals surface area contributed by atoms with Crippen molar-refractivity contribution in [3.8, 4) is 11.1 Å². The summed E-state index contributed by atoms with van der Waals surface area (Å²) in [6.45, 7) is 6.13. The molecule has 14 heavy (non-hydrogen) atoms. The molecular formula is C14H13. The van der Waals surface area contributed by atoms with Gasteiger partial charge in [0.2, 0.25) is 0 Å². The fraction of sp³-hybridized carbons (Fsp3) is 0.0714. The summed E-state index contributed by atoms with van der Waals surface area (Å²) >= 11 is 0. The summed E-state index contributed by atoms with van der Waals surface area (Å²) in [6.07, 6.45) is 0. The van der Waals surface area contributed by atoms with Crippen LogP contribution in [0.1, 0.15) is 11.1 Å². The third kappa shape index (κ3) is 1.69. The van der Waals surface area contributed by atoms with Crippen molar-refractivity contribution in [1.82, 2.24) is 0 Å². The van der Waals surface area contributed by atoms with Gasteiger partial charge in [-0.3, -0.25) is 0 Å². The van der Waals surface area contributed by atoms with Crippen LogP contribution in [0.4, 0.5) is 0 Å². The minimum absolute atomic E-state index is 1.08. The molecule has 0 nitrogen and oxygen atoms in total. The molecule has 0 saturated heterocycles. The summed E-state index contributed by atoms with van der Waals surface area (Å²) in [5.41, 5.74) is 4.83. The number of benzene rings is 2. The SMILES string of the molecule is [CH2]c1ccccc1-c1cccc(C)c1. The first kappa shape index (κ1) is 9.01. The Morgan fingerprint density at radius 2 is 1.71 bits per heavy atom. The third-order valence-electron chi connectivity index (χ3n) is 2.35. The van der Waals surface area contributed by atoms with Gasteiger partial charge >= 0.3 is 0 Å². The molecule has 0 N–H and O–H groups in total. The van der Waals surface area contributed by atoms with Gasteiger partial charge in [-0.15, -0.1) is 0 Å². The van der Waals surface area contributed by atoms with Crippen molar-refractivity contribution in [2.75, 3.05) is 0 Å². The third-order valence-corrected chi connectivity index (χ3v) is 2.35. The minimum atomic E-state index is 1.08. The Morgan fingerprint density at radius 1 is 0.929 bits per heavy atom. The van der Waals surface area contributed by atoms with Gasteiger partial charge in [-0.05, 0) is 30.5 Å². The molecule has 1 radical (unpaired) electrons. The highest BCUT2D eigenvalue weighted by molar-refractivity contribution is 5.68. The van der Waals surface area contributed by atoms with Gasteiger partial charge in [0.1, 0.15) is 0 Å². The Balaban J connectivity index is 2.55. The van der Waals surface area contributed by atoms with Crippen LogP contribution in [0.2, 0.25) is 0 Å². The first-order valence-electron chi connectivity index (χ1n) is 4.75. The van der Waals surface area contributed by atoms with Gasteiger partial charge in [0.25, 0.3) is 0 Å². The fourth-order valence-corrected chi connectivity index (χ4v) is 1.61. The second kappa shape index (κ2) is 3.67. The Hall–Kier alpha value is -1.56. The zero-order valence-electron chi connectivity index (χ0n) is 8.33. The first-order chi connectivity index (χ1) is 6.77. The van der Waals surface area contributed by atoms with Gasteiger partial charge in [-0.2, -0.15) is 0 Å². The van der Waals surface area contributed by atoms with E-state index in [0.29, 0.717) is 0 Å². The number of aryl methyl sites for hydroxylation is 1. The Kier molecular flexibility index (Phi) is 2.36. The van der Waals surface area contributed by atoms with E-state index in [9.17, 15) is 0 Å². The number of hydrogen-bond donors (Lipinski definition) is 0. The molecule has 0 amide bonds. The van der Waals surface area contributed by atoms with Gasteiger partial charge in [-0.1, -0.05) is 54.1 Å². The molecule has 0 heteroatoms. The molecule has 0 unspecified atom stereocenters. The monoisotopic (exact) mass is 181 g/mol. The highest BCUT2D eigenvalue weighted by atomic mass is 14.0. The molecule has 0 spiro atoms. The molecule has 0 saturated carbocycles. The van der Waals surface area contributed by atoms with Crippen molar-refractivity contribution in [2.45, 2.75) is 6.92 Å². The summed E-state index contributed by atoms with van der Waals surface area (Å²) in [7, 11) is 0. The molecule has 0 aliphatic carbocycles. The smallest absolute Gasteiger partial charge is 0.0152 e. The molecule has 0 fully saturated rings. The largest absolute Gasteiger partial charge is 0.0620 e. The fourth-order valence-electron chi connectivity index (χ4n) is 1.61. The molecule has 2 aromatic rings. The van der Waals surface area contributed by atoms with Crippen molar-refractivity contribution in [1.29, 1.82) is 0 Å². The molecule has 0 bridgehead atoms. The van der Waals surface area contributed by atoms with Crippen molar-refractivity contribution < 1.29 is 0 Å². The normalized spacial score (nSPS) is 10.1. The Morgan fingerprint density at radius 3 is 2.43 bits per heavy atom. The van der Waals surface area contributed by atoms with Crippen LogP contribution in [-0.4, -0.2) is 0 Å². The molecular weight excluding hydrogens is 168 g/mol. The topological polar surface area (TPSA) is 0 Å². The lowest BCUT2D eigenvalue weighted by Crippen LogP contribution is -1.82. The van der Waals surface area contributed by atoms with Crippen LogP contribution in [0.5, 0.6) is 0 Å². The van der Waals surface area contributed by atoms with Gasteiger partial charge in [0.05, 0.1) is 0 Å². The van der Waals surface area contributed by atoms with Gasteiger partial charge in [0.15, 0.2) is 0 Å². The maximum absolute atomic E-state index is 4.03. The van der Waals surface area contributed by atoms with Gasteiger partial charge in [-0.25, -0.2) is 0 Å². The van der Waals surface area contributed by atoms with Crippen LogP contribution in [0, 0.1) is 13.8 Å². The summed E-state index contributed by atoms with van der Waals surface area (Å²) in [5, 5.41) is 0. The lowest BCUT2D eigenvalue weighted by Gasteiger charge is -2.05. The quantitative estimate of drug-likeness (QED) is 0.627. The second-order valence-electron chi connectivity index (χ2n) is 3.53. The standard InChI is InChI=1S/C14H13/c1-11-6-5-8-13(10-11)14-9-4-3-7-12(14)2/h3-10H,2H2,1H3. The van der Waals surface area contributed by atoms with E-state index >= 15 is 0 Å². The maximum atomic E-state index is 4.03. The summed E-state index contributed by atoms with van der Waals surface area (Å²) in [4.78, 5) is 0. The van der Waals surface area contributed by atoms with Crippen LogP contribution >= 0.6 is 0 Å². The molecule has 2 rings (SSSR count). The maximum Gasteiger partial charge on any atom is -0.0152 e. The molecule has 0 aromatic heterocycles. The van der Waals surface area contributed by atoms with Gasteiger partial charge < -0.3 is 0 Å². The lowest BCUT2D eigenvalue weighted by atomic mass is 9.99. The van der Waals surface area contributed by atoms with E-state index < -0.39 is 0 Å². The van der Waals surface area contributed by atoms with Crippen LogP contribution in [0.15, 0.2) is 48.5 Å². The van der Waals surface area contributed by atoms with Crippen LogP contribution < -0.4 is 0 Å². The predicted molar refractivity (Wildman–Crippen MR) is 61.1 cm³/mol. The molecule has 0 atom stereocenters. The Bertz CT molecular complexity index is 441. The van der Waals surface area contributed by atoms with E-state index in [1.54, 1.807) is 0 Å². The van der Waals surface area contributed by atoms with E-state index in [-0.39, 0.29) is 0 Å². The van der Waals surface area contributed by atoms with Crippen molar-refractivity contribution >= 4 is 0 Å². The zero-order valence-corrected chi connectivity index (χ0v) is 8.33. The van der Waals surface area contributed by atoms with E-state index in [4.69, 9.17) is 0 Å². The average Bonchev–Trinajstić information content (AvgIpc) is 2.18. The second-order valence-corrected chi connectivity index (χ2v) is 3.53. The van der Waals surface area contributed by atoms with Crippen LogP contribution in [-0.2, 0) is 0 Å². The molecule has 0 aliphatic rings. The van der Waals surface area contributed by atoms with Crippen molar-refractivity contribution in [3.05, 3.63) is 66.6 Å². The van der Waals surface area contributed by atoms with Crippen LogP contribution in [0.25, 0.3) is 11.1 Å². The van der Waals surface area contributed by atoms with Crippen molar-refractivity contribution in [3.63, 3.8) is 0 Å². The summed E-state index contributed by atoms with van der Waals surface area (Å²) in [6, 6.07) is 16.7. The zero-order chi connectivity index (χ0) is 9.97. The van der Waals surface area contributed by atoms with E-state index in [1.807, 2.05) is 18.2 Å². The first-order valence-corrected chi connectivity index (χ1v) is 4.75. The molecule has 0 aliphatic heterocycles. The highest BCUT2D eigenvalue weighted by Crippen LogP contribution is 2.23. The van der Waals surface area contributed by atoms with Crippen LogP contribution in [0.3, 0.4) is 0 Å². The average molecular weight is 181 g/mol. The number of hydrogen-bond acceptors (Lipinski definition) is 0. The molecule has 69 valence electrons. The van der Waals surface area contributed by atoms with E-state index in [2.05, 4.69) is 44.2 Å². The lowest BCUT2D eigenvalue weighted by molar-refractivity contribution is 1.46. The van der Waals surface area contributed by atoms with Gasteiger partial charge in [0, 0.05) is 0 Å². The highest BCUT2D eigenvalue weighted by Gasteiger charge is 1.99. The van der Waals surface area contributed by atoms with E-state index in [1.165, 1.54) is 16.7 Å². The molecule has 0 heterocycles. The predicted octanol–water partition coefficient (Wildman–Crippen LogP) is 3.84. The number of rotatable bonds is 1. The summed E-state index contributed by atoms with van der Waals surface area (Å²) in [5.74, 6) is 0.